The van der Waals surface area contributed by atoms with Crippen molar-refractivity contribution >= 4 is 43.8 Å². The first-order valence-corrected chi connectivity index (χ1v) is 8.85. The van der Waals surface area contributed by atoms with Crippen LogP contribution in [-0.4, -0.2) is 9.97 Å². The molecule has 4 aromatic heterocycles. The highest BCUT2D eigenvalue weighted by Crippen LogP contribution is 2.37. The molecule has 0 radical (unpaired) electrons. The molecule has 25 heavy (non-hydrogen) atoms. The third kappa shape index (κ3) is 2.49. The Morgan fingerprint density at radius 2 is 2.08 bits per heavy atom. The number of thiophene rings is 1. The van der Waals surface area contributed by atoms with Crippen LogP contribution >= 0.6 is 11.3 Å². The van der Waals surface area contributed by atoms with Gasteiger partial charge in [-0.1, -0.05) is 0 Å². The Balaban J connectivity index is 1.57. The molecule has 1 aromatic carbocycles. The van der Waals surface area contributed by atoms with Crippen LogP contribution in [0, 0.1) is 6.92 Å². The van der Waals surface area contributed by atoms with Crippen LogP contribution in [-0.2, 0) is 0 Å². The zero-order valence-corrected chi connectivity index (χ0v) is 14.4. The average molecular weight is 345 g/mol. The number of hydrogen-bond acceptors (Lipinski definition) is 4. The maximum Gasteiger partial charge on any atom is 0.0989 e. The number of nitrogens with one attached hydrogen (secondary N) is 2. The highest BCUT2D eigenvalue weighted by atomic mass is 32.1. The van der Waals surface area contributed by atoms with Gasteiger partial charge in [0.25, 0.3) is 0 Å². The zero-order chi connectivity index (χ0) is 16.8. The van der Waals surface area contributed by atoms with Gasteiger partial charge in [-0.05, 0) is 49.4 Å². The topological polar surface area (TPSA) is 53.9 Å². The number of aryl methyl sites for hydroxylation is 1. The van der Waals surface area contributed by atoms with Gasteiger partial charge in [-0.25, -0.2) is 0 Å². The third-order valence-corrected chi connectivity index (χ3v) is 5.46. The number of H-pyrrole nitrogens is 1. The maximum absolute atomic E-state index is 5.20. The summed E-state index contributed by atoms with van der Waals surface area (Å²) in [6, 6.07) is 14.6. The lowest BCUT2D eigenvalue weighted by Gasteiger charge is -2.07. The number of fused-ring (bicyclic) bond motifs is 2. The largest absolute Gasteiger partial charge is 0.472 e. The summed E-state index contributed by atoms with van der Waals surface area (Å²) in [5.74, 6) is 0. The lowest BCUT2D eigenvalue weighted by molar-refractivity contribution is 0.568. The molecule has 0 atom stereocenters. The molecule has 0 amide bonds. The first-order valence-electron chi connectivity index (χ1n) is 8.04. The van der Waals surface area contributed by atoms with Crippen LogP contribution in [0.1, 0.15) is 5.69 Å². The number of hydrogen-bond donors (Lipinski definition) is 2. The summed E-state index contributed by atoms with van der Waals surface area (Å²) >= 11 is 1.72. The minimum absolute atomic E-state index is 0.991. The summed E-state index contributed by atoms with van der Waals surface area (Å²) < 4.78 is 6.34. The monoisotopic (exact) mass is 345 g/mol. The van der Waals surface area contributed by atoms with Crippen molar-refractivity contribution in [2.45, 2.75) is 6.92 Å². The molecule has 5 rings (SSSR count). The van der Waals surface area contributed by atoms with E-state index in [-0.39, 0.29) is 0 Å². The van der Waals surface area contributed by atoms with Gasteiger partial charge in [-0.3, -0.25) is 4.98 Å². The van der Waals surface area contributed by atoms with Crippen molar-refractivity contribution in [1.29, 1.82) is 0 Å². The van der Waals surface area contributed by atoms with Crippen molar-refractivity contribution < 1.29 is 4.42 Å². The van der Waals surface area contributed by atoms with Gasteiger partial charge < -0.3 is 14.7 Å². The predicted molar refractivity (Wildman–Crippen MR) is 104 cm³/mol. The van der Waals surface area contributed by atoms with Crippen LogP contribution in [0.4, 0.5) is 11.4 Å². The van der Waals surface area contributed by atoms with E-state index in [0.29, 0.717) is 0 Å². The Morgan fingerprint density at radius 1 is 1.12 bits per heavy atom. The van der Waals surface area contributed by atoms with E-state index in [0.717, 1.165) is 37.5 Å². The second kappa shape index (κ2) is 5.50. The van der Waals surface area contributed by atoms with Crippen LogP contribution < -0.4 is 5.32 Å². The third-order valence-electron chi connectivity index (χ3n) is 4.25. The zero-order valence-electron chi connectivity index (χ0n) is 13.5. The molecule has 0 saturated carbocycles. The Kier molecular flexibility index (Phi) is 3.15. The van der Waals surface area contributed by atoms with Crippen molar-refractivity contribution in [3.05, 3.63) is 66.9 Å². The van der Waals surface area contributed by atoms with Crippen LogP contribution in [0.25, 0.3) is 31.6 Å². The van der Waals surface area contributed by atoms with Crippen molar-refractivity contribution in [2.75, 3.05) is 5.32 Å². The van der Waals surface area contributed by atoms with E-state index in [1.807, 2.05) is 18.3 Å². The molecular weight excluding hydrogens is 330 g/mol. The fraction of sp³-hybridized carbons (Fsp3) is 0.0500. The van der Waals surface area contributed by atoms with E-state index in [9.17, 15) is 0 Å². The molecule has 0 unspecified atom stereocenters. The molecule has 0 saturated heterocycles. The van der Waals surface area contributed by atoms with Gasteiger partial charge in [0, 0.05) is 38.9 Å². The Morgan fingerprint density at radius 3 is 2.96 bits per heavy atom. The number of aromatic nitrogens is 2. The number of furan rings is 1. The number of pyridine rings is 1. The lowest BCUT2D eigenvalue weighted by Crippen LogP contribution is -1.90. The highest BCUT2D eigenvalue weighted by Gasteiger charge is 2.10. The maximum atomic E-state index is 5.20. The van der Waals surface area contributed by atoms with Crippen molar-refractivity contribution in [3.63, 3.8) is 0 Å². The number of rotatable bonds is 3. The van der Waals surface area contributed by atoms with E-state index in [2.05, 4.69) is 52.5 Å². The van der Waals surface area contributed by atoms with Gasteiger partial charge in [-0.15, -0.1) is 11.3 Å². The molecule has 2 N–H and O–H groups in total. The van der Waals surface area contributed by atoms with E-state index in [1.165, 1.54) is 11.1 Å². The summed E-state index contributed by atoms with van der Waals surface area (Å²) in [5.41, 5.74) is 6.53. The van der Waals surface area contributed by atoms with Gasteiger partial charge in [0.1, 0.15) is 0 Å². The van der Waals surface area contributed by atoms with E-state index < -0.39 is 0 Å². The first kappa shape index (κ1) is 14.3. The predicted octanol–water partition coefficient (Wildman–Crippen LogP) is 6.09. The smallest absolute Gasteiger partial charge is 0.0989 e. The molecule has 4 nitrogen and oxygen atoms in total. The Bertz CT molecular complexity index is 1180. The summed E-state index contributed by atoms with van der Waals surface area (Å²) in [4.78, 5) is 9.01. The summed E-state index contributed by atoms with van der Waals surface area (Å²) in [6.07, 6.45) is 5.30. The van der Waals surface area contributed by atoms with Crippen LogP contribution in [0.15, 0.2) is 65.6 Å². The molecule has 122 valence electrons. The van der Waals surface area contributed by atoms with Crippen molar-refractivity contribution in [3.8, 4) is 10.4 Å². The lowest BCUT2D eigenvalue weighted by atomic mass is 10.2. The molecule has 0 aliphatic rings. The molecular formula is C20H15N3OS. The number of nitrogens with zero attached hydrogens (tertiary/aromatic N) is 1. The molecule has 0 bridgehead atoms. The van der Waals surface area contributed by atoms with Crippen LogP contribution in [0.5, 0.6) is 0 Å². The molecule has 0 fully saturated rings. The van der Waals surface area contributed by atoms with Crippen LogP contribution in [0.3, 0.4) is 0 Å². The van der Waals surface area contributed by atoms with Gasteiger partial charge in [0.05, 0.1) is 28.4 Å². The summed E-state index contributed by atoms with van der Waals surface area (Å²) in [7, 11) is 0. The highest BCUT2D eigenvalue weighted by molar-refractivity contribution is 7.22. The molecule has 4 heterocycles. The van der Waals surface area contributed by atoms with Gasteiger partial charge in [0.2, 0.25) is 0 Å². The number of aromatic amines is 1. The minimum Gasteiger partial charge on any atom is -0.472 e. The summed E-state index contributed by atoms with van der Waals surface area (Å²) in [6.45, 7) is 2.07. The van der Waals surface area contributed by atoms with E-state index >= 15 is 0 Å². The Labute approximate surface area is 148 Å². The van der Waals surface area contributed by atoms with E-state index in [4.69, 9.17) is 4.42 Å². The second-order valence-electron chi connectivity index (χ2n) is 6.07. The summed E-state index contributed by atoms with van der Waals surface area (Å²) in [5, 5.41) is 4.75. The fourth-order valence-corrected chi connectivity index (χ4v) is 4.16. The number of benzene rings is 1. The molecule has 5 heteroatoms. The standard InChI is InChI=1S/C20H15N3OS/c1-12-8-14-9-15(2-3-16(14)22-12)23-17-4-6-21-18-10-19(25-20(17)18)13-5-7-24-11-13/h2-11,22H,1H3,(H,21,23). The Hall–Kier alpha value is -3.05. The quantitative estimate of drug-likeness (QED) is 0.416. The molecule has 5 aromatic rings. The van der Waals surface area contributed by atoms with E-state index in [1.54, 1.807) is 23.9 Å². The molecule has 0 aliphatic heterocycles. The second-order valence-corrected chi connectivity index (χ2v) is 7.13. The molecule has 0 aliphatic carbocycles. The average Bonchev–Trinajstić information content (AvgIpc) is 3.32. The van der Waals surface area contributed by atoms with Gasteiger partial charge in [-0.2, -0.15) is 0 Å². The normalized spacial score (nSPS) is 11.4. The SMILES string of the molecule is Cc1cc2cc(Nc3ccnc4cc(-c5ccoc5)sc34)ccc2[nH]1. The number of anilines is 2. The first-order chi connectivity index (χ1) is 12.3. The van der Waals surface area contributed by atoms with Crippen molar-refractivity contribution in [1.82, 2.24) is 9.97 Å². The van der Waals surface area contributed by atoms with Crippen molar-refractivity contribution in [2.24, 2.45) is 0 Å². The fourth-order valence-electron chi connectivity index (χ4n) is 3.09. The van der Waals surface area contributed by atoms with Gasteiger partial charge >= 0.3 is 0 Å². The van der Waals surface area contributed by atoms with Gasteiger partial charge in [0.15, 0.2) is 0 Å². The minimum atomic E-state index is 0.991. The molecule has 0 spiro atoms. The van der Waals surface area contributed by atoms with Crippen LogP contribution in [0.2, 0.25) is 0 Å².